The third-order valence-electron chi connectivity index (χ3n) is 3.24. The fourth-order valence-electron chi connectivity index (χ4n) is 1.84. The van der Waals surface area contributed by atoms with Gasteiger partial charge in [0.25, 0.3) is 5.91 Å². The number of ether oxygens (including phenoxy) is 1. The average molecular weight is 283 g/mol. The van der Waals surface area contributed by atoms with Gasteiger partial charge in [-0.25, -0.2) is 4.98 Å². The van der Waals surface area contributed by atoms with E-state index in [-0.39, 0.29) is 11.9 Å². The van der Waals surface area contributed by atoms with E-state index in [2.05, 4.69) is 22.1 Å². The summed E-state index contributed by atoms with van der Waals surface area (Å²) in [7, 11) is 0. The van der Waals surface area contributed by atoms with Crippen LogP contribution in [0.25, 0.3) is 0 Å². The number of aromatic nitrogens is 1. The molecule has 5 nitrogen and oxygen atoms in total. The van der Waals surface area contributed by atoms with Crippen molar-refractivity contribution < 1.29 is 9.53 Å². The van der Waals surface area contributed by atoms with Crippen LogP contribution < -0.4 is 5.32 Å². The van der Waals surface area contributed by atoms with E-state index in [0.717, 1.165) is 44.3 Å². The number of carbonyl (C=O) groups is 1. The largest absolute Gasteiger partial charge is 0.379 e. The Morgan fingerprint density at radius 2 is 2.32 bits per heavy atom. The van der Waals surface area contributed by atoms with Crippen LogP contribution in [0, 0.1) is 0 Å². The molecule has 1 amide bonds. The van der Waals surface area contributed by atoms with Crippen LogP contribution >= 0.6 is 11.3 Å². The highest BCUT2D eigenvalue weighted by Gasteiger charge is 2.16. The molecule has 2 rings (SSSR count). The number of nitrogens with one attached hydrogen (secondary N) is 1. The maximum absolute atomic E-state index is 11.9. The Morgan fingerprint density at radius 1 is 1.58 bits per heavy atom. The third kappa shape index (κ3) is 4.26. The number of amides is 1. The molecule has 2 heterocycles. The monoisotopic (exact) mass is 283 g/mol. The number of thiazole rings is 1. The topological polar surface area (TPSA) is 54.5 Å². The molecule has 106 valence electrons. The van der Waals surface area contributed by atoms with Gasteiger partial charge in [0.1, 0.15) is 10.7 Å². The molecule has 0 aromatic carbocycles. The molecule has 1 saturated heterocycles. The summed E-state index contributed by atoms with van der Waals surface area (Å²) in [5.41, 5.74) is 0.536. The highest BCUT2D eigenvalue weighted by molar-refractivity contribution is 7.09. The first-order valence-electron chi connectivity index (χ1n) is 6.74. The summed E-state index contributed by atoms with van der Waals surface area (Å²) in [6, 6.07) is 0.192. The second-order valence-electron chi connectivity index (χ2n) is 4.80. The van der Waals surface area contributed by atoms with Crippen LogP contribution in [-0.4, -0.2) is 48.1 Å². The first-order chi connectivity index (χ1) is 9.19. The summed E-state index contributed by atoms with van der Waals surface area (Å²) in [5.74, 6) is -0.0705. The molecular formula is C13H21N3O2S. The van der Waals surface area contributed by atoms with Gasteiger partial charge in [0.05, 0.1) is 19.8 Å². The van der Waals surface area contributed by atoms with Gasteiger partial charge in [0.15, 0.2) is 0 Å². The summed E-state index contributed by atoms with van der Waals surface area (Å²) in [6.07, 6.45) is 0.927. The van der Waals surface area contributed by atoms with Crippen molar-refractivity contribution in [2.24, 2.45) is 0 Å². The second kappa shape index (κ2) is 6.98. The zero-order valence-corrected chi connectivity index (χ0v) is 12.3. The summed E-state index contributed by atoms with van der Waals surface area (Å²) in [6.45, 7) is 8.31. The lowest BCUT2D eigenvalue weighted by molar-refractivity contribution is 0.0341. The van der Waals surface area contributed by atoms with Crippen molar-refractivity contribution in [3.05, 3.63) is 16.1 Å². The number of morpholine rings is 1. The molecule has 19 heavy (non-hydrogen) atoms. The molecule has 1 aliphatic rings. The van der Waals surface area contributed by atoms with E-state index in [1.165, 1.54) is 0 Å². The Morgan fingerprint density at radius 3 is 3.00 bits per heavy atom. The molecule has 1 atom stereocenters. The highest BCUT2D eigenvalue weighted by atomic mass is 32.1. The lowest BCUT2D eigenvalue weighted by atomic mass is 10.2. The molecule has 0 aliphatic carbocycles. The average Bonchev–Trinajstić information content (AvgIpc) is 2.88. The van der Waals surface area contributed by atoms with Gasteiger partial charge in [-0.1, -0.05) is 6.92 Å². The Balaban J connectivity index is 1.89. The standard InChI is InChI=1S/C13H21N3O2S/c1-3-10(2)14-13(17)11-9-19-12(15-11)8-16-4-6-18-7-5-16/h9-10H,3-8H2,1-2H3,(H,14,17). The Hall–Kier alpha value is -0.980. The highest BCUT2D eigenvalue weighted by Crippen LogP contribution is 2.13. The number of nitrogens with zero attached hydrogens (tertiary/aromatic N) is 2. The normalized spacial score (nSPS) is 18.2. The molecule has 0 radical (unpaired) electrons. The Labute approximate surface area is 118 Å². The summed E-state index contributed by atoms with van der Waals surface area (Å²) < 4.78 is 5.31. The smallest absolute Gasteiger partial charge is 0.270 e. The molecule has 1 aromatic heterocycles. The van der Waals surface area contributed by atoms with Gasteiger partial charge in [-0.05, 0) is 13.3 Å². The molecule has 0 saturated carbocycles. The van der Waals surface area contributed by atoms with Crippen molar-refractivity contribution in [3.8, 4) is 0 Å². The molecule has 0 spiro atoms. The van der Waals surface area contributed by atoms with Gasteiger partial charge in [-0.2, -0.15) is 0 Å². The van der Waals surface area contributed by atoms with Crippen molar-refractivity contribution in [3.63, 3.8) is 0 Å². The zero-order valence-electron chi connectivity index (χ0n) is 11.5. The maximum atomic E-state index is 11.9. The first kappa shape index (κ1) is 14.4. The summed E-state index contributed by atoms with van der Waals surface area (Å²) >= 11 is 1.55. The van der Waals surface area contributed by atoms with Crippen molar-refractivity contribution in [1.82, 2.24) is 15.2 Å². The second-order valence-corrected chi connectivity index (χ2v) is 5.74. The van der Waals surface area contributed by atoms with Crippen molar-refractivity contribution >= 4 is 17.2 Å². The van der Waals surface area contributed by atoms with Gasteiger partial charge >= 0.3 is 0 Å². The number of hydrogen-bond acceptors (Lipinski definition) is 5. The van der Waals surface area contributed by atoms with E-state index in [0.29, 0.717) is 5.69 Å². The summed E-state index contributed by atoms with van der Waals surface area (Å²) in [5, 5.41) is 5.77. The van der Waals surface area contributed by atoms with E-state index in [4.69, 9.17) is 4.74 Å². The van der Waals surface area contributed by atoms with Crippen LogP contribution in [0.1, 0.15) is 35.8 Å². The van der Waals surface area contributed by atoms with Crippen LogP contribution in [0.4, 0.5) is 0 Å². The fraction of sp³-hybridized carbons (Fsp3) is 0.692. The lowest BCUT2D eigenvalue weighted by Gasteiger charge is -2.25. The molecule has 1 aromatic rings. The maximum Gasteiger partial charge on any atom is 0.270 e. The predicted molar refractivity (Wildman–Crippen MR) is 75.4 cm³/mol. The van der Waals surface area contributed by atoms with Crippen molar-refractivity contribution in [1.29, 1.82) is 0 Å². The lowest BCUT2D eigenvalue weighted by Crippen LogP contribution is -2.35. The zero-order chi connectivity index (χ0) is 13.7. The third-order valence-corrected chi connectivity index (χ3v) is 4.07. The first-order valence-corrected chi connectivity index (χ1v) is 7.62. The van der Waals surface area contributed by atoms with Crippen LogP contribution in [0.3, 0.4) is 0 Å². The predicted octanol–water partition coefficient (Wildman–Crippen LogP) is 1.50. The minimum Gasteiger partial charge on any atom is -0.379 e. The van der Waals surface area contributed by atoms with Gasteiger partial charge in [-0.15, -0.1) is 11.3 Å². The van der Waals surface area contributed by atoms with Crippen LogP contribution in [0.15, 0.2) is 5.38 Å². The van der Waals surface area contributed by atoms with Gasteiger partial charge in [0.2, 0.25) is 0 Å². The minimum atomic E-state index is -0.0705. The quantitative estimate of drug-likeness (QED) is 0.890. The Bertz CT molecular complexity index is 416. The number of carbonyl (C=O) groups excluding carboxylic acids is 1. The fourth-order valence-corrected chi connectivity index (χ4v) is 2.65. The molecule has 1 unspecified atom stereocenters. The molecule has 0 bridgehead atoms. The van der Waals surface area contributed by atoms with E-state index in [1.807, 2.05) is 12.3 Å². The van der Waals surface area contributed by atoms with Crippen LogP contribution in [0.2, 0.25) is 0 Å². The van der Waals surface area contributed by atoms with Crippen molar-refractivity contribution in [2.75, 3.05) is 26.3 Å². The van der Waals surface area contributed by atoms with Crippen LogP contribution in [-0.2, 0) is 11.3 Å². The van der Waals surface area contributed by atoms with E-state index in [1.54, 1.807) is 11.3 Å². The van der Waals surface area contributed by atoms with E-state index >= 15 is 0 Å². The van der Waals surface area contributed by atoms with Gasteiger partial charge in [0, 0.05) is 24.5 Å². The molecule has 6 heteroatoms. The Kier molecular flexibility index (Phi) is 5.30. The minimum absolute atomic E-state index is 0.0705. The van der Waals surface area contributed by atoms with E-state index in [9.17, 15) is 4.79 Å². The molecule has 1 N–H and O–H groups in total. The number of rotatable bonds is 5. The number of hydrogen-bond donors (Lipinski definition) is 1. The molecule has 1 fully saturated rings. The van der Waals surface area contributed by atoms with Crippen molar-refractivity contribution in [2.45, 2.75) is 32.9 Å². The van der Waals surface area contributed by atoms with Gasteiger partial charge in [-0.3, -0.25) is 9.69 Å². The van der Waals surface area contributed by atoms with Crippen LogP contribution in [0.5, 0.6) is 0 Å². The molecule has 1 aliphatic heterocycles. The van der Waals surface area contributed by atoms with Gasteiger partial charge < -0.3 is 10.1 Å². The summed E-state index contributed by atoms with van der Waals surface area (Å²) in [4.78, 5) is 18.6. The SMILES string of the molecule is CCC(C)NC(=O)c1csc(CN2CCOCC2)n1. The molecular weight excluding hydrogens is 262 g/mol. The van der Waals surface area contributed by atoms with E-state index < -0.39 is 0 Å².